The van der Waals surface area contributed by atoms with Crippen LogP contribution in [0.15, 0.2) is 42.5 Å². The van der Waals surface area contributed by atoms with Crippen LogP contribution in [0.25, 0.3) is 0 Å². The summed E-state index contributed by atoms with van der Waals surface area (Å²) in [5.74, 6) is 0.360. The van der Waals surface area contributed by atoms with Gasteiger partial charge in [-0.1, -0.05) is 47.5 Å². The molecule has 1 atom stereocenters. The van der Waals surface area contributed by atoms with Gasteiger partial charge in [-0.15, -0.1) is 0 Å². The molecule has 1 N–H and O–H groups in total. The highest BCUT2D eigenvalue weighted by Crippen LogP contribution is 2.47. The minimum absolute atomic E-state index is 0.0791. The number of benzene rings is 2. The number of nitrogens with one attached hydrogen (secondary N) is 1. The number of likely N-dealkylation sites (tertiary alicyclic amines) is 1. The SMILES string of the molecule is CNCC(CCN1CCC2(CC1)CN(S(C)(=O)=O)c1ccccc12)c1ccc(Cl)c(Cl)c1. The van der Waals surface area contributed by atoms with E-state index >= 15 is 0 Å². The van der Waals surface area contributed by atoms with E-state index in [2.05, 4.69) is 22.3 Å². The summed E-state index contributed by atoms with van der Waals surface area (Å²) >= 11 is 12.3. The molecule has 4 rings (SSSR count). The van der Waals surface area contributed by atoms with E-state index in [0.717, 1.165) is 51.1 Å². The minimum atomic E-state index is -3.28. The van der Waals surface area contributed by atoms with Gasteiger partial charge in [0.2, 0.25) is 10.0 Å². The average molecular weight is 497 g/mol. The maximum atomic E-state index is 12.4. The molecule has 174 valence electrons. The van der Waals surface area contributed by atoms with Crippen LogP contribution < -0.4 is 9.62 Å². The smallest absolute Gasteiger partial charge is 0.232 e. The van der Waals surface area contributed by atoms with E-state index in [9.17, 15) is 8.42 Å². The van der Waals surface area contributed by atoms with E-state index in [4.69, 9.17) is 23.2 Å². The zero-order chi connectivity index (χ0) is 22.9. The maximum absolute atomic E-state index is 12.4. The number of rotatable bonds is 7. The van der Waals surface area contributed by atoms with Crippen molar-refractivity contribution in [3.8, 4) is 0 Å². The molecular formula is C24H31Cl2N3O2S. The van der Waals surface area contributed by atoms with Crippen LogP contribution in [-0.4, -0.2) is 59.3 Å². The van der Waals surface area contributed by atoms with E-state index in [-0.39, 0.29) is 5.41 Å². The topological polar surface area (TPSA) is 52.6 Å². The average Bonchev–Trinajstić information content (AvgIpc) is 3.09. The number of hydrogen-bond acceptors (Lipinski definition) is 4. The van der Waals surface area contributed by atoms with Gasteiger partial charge >= 0.3 is 0 Å². The van der Waals surface area contributed by atoms with Gasteiger partial charge in [-0.3, -0.25) is 4.31 Å². The number of para-hydroxylation sites is 1. The molecule has 8 heteroatoms. The Bertz CT molecular complexity index is 1070. The van der Waals surface area contributed by atoms with Crippen molar-refractivity contribution in [2.45, 2.75) is 30.6 Å². The summed E-state index contributed by atoms with van der Waals surface area (Å²) in [6.45, 7) is 4.39. The number of fused-ring (bicyclic) bond motifs is 2. The van der Waals surface area contributed by atoms with Crippen molar-refractivity contribution in [3.05, 3.63) is 63.6 Å². The van der Waals surface area contributed by atoms with Crippen LogP contribution in [0.5, 0.6) is 0 Å². The third kappa shape index (κ3) is 4.80. The Morgan fingerprint density at radius 2 is 1.81 bits per heavy atom. The highest BCUT2D eigenvalue weighted by Gasteiger charge is 2.46. The fourth-order valence-electron chi connectivity index (χ4n) is 5.25. The number of halogens is 2. The van der Waals surface area contributed by atoms with Crippen LogP contribution >= 0.6 is 23.2 Å². The first-order valence-electron chi connectivity index (χ1n) is 11.1. The molecule has 2 aromatic rings. The van der Waals surface area contributed by atoms with Crippen molar-refractivity contribution >= 4 is 38.9 Å². The first-order valence-corrected chi connectivity index (χ1v) is 13.7. The van der Waals surface area contributed by atoms with Crippen molar-refractivity contribution < 1.29 is 8.42 Å². The molecule has 1 unspecified atom stereocenters. The van der Waals surface area contributed by atoms with Crippen molar-refractivity contribution in [1.29, 1.82) is 0 Å². The van der Waals surface area contributed by atoms with E-state index in [1.165, 1.54) is 17.4 Å². The second-order valence-electron chi connectivity index (χ2n) is 9.13. The molecular weight excluding hydrogens is 465 g/mol. The van der Waals surface area contributed by atoms with Crippen LogP contribution in [0.3, 0.4) is 0 Å². The molecule has 5 nitrogen and oxygen atoms in total. The minimum Gasteiger partial charge on any atom is -0.319 e. The molecule has 2 aromatic carbocycles. The lowest BCUT2D eigenvalue weighted by atomic mass is 9.74. The largest absolute Gasteiger partial charge is 0.319 e. The van der Waals surface area contributed by atoms with Crippen molar-refractivity contribution in [2.24, 2.45) is 0 Å². The number of likely N-dealkylation sites (N-methyl/N-ethyl adjacent to an activating group) is 1. The molecule has 0 bridgehead atoms. The lowest BCUT2D eigenvalue weighted by Gasteiger charge is -2.40. The monoisotopic (exact) mass is 495 g/mol. The van der Waals surface area contributed by atoms with E-state index in [1.807, 2.05) is 37.4 Å². The van der Waals surface area contributed by atoms with Crippen LogP contribution in [0.2, 0.25) is 10.0 Å². The molecule has 0 aromatic heterocycles. The summed E-state index contributed by atoms with van der Waals surface area (Å²) in [4.78, 5) is 2.51. The van der Waals surface area contributed by atoms with Crippen molar-refractivity contribution in [2.75, 3.05) is 50.3 Å². The standard InChI is InChI=1S/C24H31Cl2N3O2S/c1-27-16-19(18-7-8-21(25)22(26)15-18)9-12-28-13-10-24(11-14-28)17-29(32(2,30)31)23-6-4-3-5-20(23)24/h3-8,15,19,27H,9-14,16-17H2,1-2H3. The molecule has 2 heterocycles. The number of piperidine rings is 1. The Morgan fingerprint density at radius 1 is 1.09 bits per heavy atom. The van der Waals surface area contributed by atoms with Crippen LogP contribution in [-0.2, 0) is 15.4 Å². The highest BCUT2D eigenvalue weighted by molar-refractivity contribution is 7.92. The Hall–Kier alpha value is -1.31. The summed E-state index contributed by atoms with van der Waals surface area (Å²) in [5.41, 5.74) is 3.17. The van der Waals surface area contributed by atoms with Gasteiger partial charge in [0, 0.05) is 18.5 Å². The van der Waals surface area contributed by atoms with Gasteiger partial charge in [0.05, 0.1) is 22.0 Å². The zero-order valence-corrected chi connectivity index (χ0v) is 21.0. The summed E-state index contributed by atoms with van der Waals surface area (Å²) in [6, 6.07) is 13.9. The molecule has 32 heavy (non-hydrogen) atoms. The Morgan fingerprint density at radius 3 is 2.47 bits per heavy atom. The number of anilines is 1. The fourth-order valence-corrected chi connectivity index (χ4v) is 6.56. The summed E-state index contributed by atoms with van der Waals surface area (Å²) in [7, 11) is -1.30. The second kappa shape index (κ2) is 9.51. The highest BCUT2D eigenvalue weighted by atomic mass is 35.5. The molecule has 2 aliphatic heterocycles. The number of hydrogen-bond donors (Lipinski definition) is 1. The quantitative estimate of drug-likeness (QED) is 0.614. The lowest BCUT2D eigenvalue weighted by molar-refractivity contribution is 0.163. The molecule has 1 fully saturated rings. The van der Waals surface area contributed by atoms with E-state index < -0.39 is 10.0 Å². The summed E-state index contributed by atoms with van der Waals surface area (Å²) in [5, 5.41) is 4.48. The van der Waals surface area contributed by atoms with Crippen molar-refractivity contribution in [1.82, 2.24) is 10.2 Å². The first-order chi connectivity index (χ1) is 15.2. The predicted molar refractivity (Wildman–Crippen MR) is 134 cm³/mol. The van der Waals surface area contributed by atoms with Gasteiger partial charge in [-0.2, -0.15) is 0 Å². The predicted octanol–water partition coefficient (Wildman–Crippen LogP) is 4.50. The molecule has 0 saturated carbocycles. The van der Waals surface area contributed by atoms with Crippen LogP contribution in [0.1, 0.15) is 36.3 Å². The maximum Gasteiger partial charge on any atom is 0.232 e. The molecule has 0 radical (unpaired) electrons. The van der Waals surface area contributed by atoms with Crippen molar-refractivity contribution in [3.63, 3.8) is 0 Å². The summed E-state index contributed by atoms with van der Waals surface area (Å²) in [6.07, 6.45) is 4.28. The first kappa shape index (κ1) is 23.8. The van der Waals surface area contributed by atoms with Gasteiger partial charge in [-0.05, 0) is 81.2 Å². The molecule has 0 aliphatic carbocycles. The van der Waals surface area contributed by atoms with Gasteiger partial charge in [-0.25, -0.2) is 8.42 Å². The van der Waals surface area contributed by atoms with Gasteiger partial charge in [0.1, 0.15) is 0 Å². The Labute approximate surface area is 201 Å². The third-order valence-corrected chi connectivity index (χ3v) is 8.93. The van der Waals surface area contributed by atoms with Gasteiger partial charge in [0.15, 0.2) is 0 Å². The lowest BCUT2D eigenvalue weighted by Crippen LogP contribution is -2.46. The third-order valence-electron chi connectivity index (χ3n) is 7.06. The van der Waals surface area contributed by atoms with Crippen LogP contribution in [0, 0.1) is 0 Å². The van der Waals surface area contributed by atoms with Crippen LogP contribution in [0.4, 0.5) is 5.69 Å². The molecule has 2 aliphatic rings. The fraction of sp³-hybridized carbons (Fsp3) is 0.500. The molecule has 0 amide bonds. The van der Waals surface area contributed by atoms with E-state index in [1.54, 1.807) is 4.31 Å². The van der Waals surface area contributed by atoms with Gasteiger partial charge < -0.3 is 10.2 Å². The zero-order valence-electron chi connectivity index (χ0n) is 18.7. The molecule has 1 saturated heterocycles. The Kier molecular flexibility index (Phi) is 7.08. The van der Waals surface area contributed by atoms with Gasteiger partial charge in [0.25, 0.3) is 0 Å². The van der Waals surface area contributed by atoms with E-state index in [0.29, 0.717) is 22.5 Å². The number of nitrogens with zero attached hydrogens (tertiary/aromatic N) is 2. The summed E-state index contributed by atoms with van der Waals surface area (Å²) < 4.78 is 26.4. The Balaban J connectivity index is 1.42. The normalized spacial score (nSPS) is 19.3. The molecule has 1 spiro atoms. The number of sulfonamides is 1. The second-order valence-corrected chi connectivity index (χ2v) is 11.8.